The van der Waals surface area contributed by atoms with Crippen molar-refractivity contribution in [3.8, 4) is 5.88 Å². The van der Waals surface area contributed by atoms with Crippen LogP contribution in [0.3, 0.4) is 0 Å². The molecular weight excluding hydrogens is 671 g/mol. The molecule has 50 heavy (non-hydrogen) atoms. The molecule has 3 unspecified atom stereocenters. The van der Waals surface area contributed by atoms with Crippen LogP contribution in [0, 0.1) is 5.92 Å². The predicted octanol–water partition coefficient (Wildman–Crippen LogP) is 7.66. The van der Waals surface area contributed by atoms with Crippen molar-refractivity contribution >= 4 is 35.1 Å². The highest BCUT2D eigenvalue weighted by Gasteiger charge is 2.60. The van der Waals surface area contributed by atoms with Gasteiger partial charge in [-0.05, 0) is 94.3 Å². The number of carbonyl (C=O) groups excluding carboxylic acids is 1. The van der Waals surface area contributed by atoms with Crippen molar-refractivity contribution < 1.29 is 14.6 Å². The van der Waals surface area contributed by atoms with Crippen molar-refractivity contribution in [3.63, 3.8) is 0 Å². The third kappa shape index (κ3) is 6.74. The van der Waals surface area contributed by atoms with Crippen LogP contribution < -0.4 is 4.74 Å². The highest BCUT2D eigenvalue weighted by molar-refractivity contribution is 6.30. The second kappa shape index (κ2) is 14.4. The zero-order valence-electron chi connectivity index (χ0n) is 30.1. The number of piperidine rings is 2. The molecule has 2 aromatic carbocycles. The minimum absolute atomic E-state index is 0.133. The summed E-state index contributed by atoms with van der Waals surface area (Å²) < 4.78 is 6.20. The SMILES string of the molecule is CCOc1nc(C(C)(C)C)ncc1C1=NC(C)(c2ccc(Cl)cc2)C(C)(c2ccc(Cl)cc2)N1C(=O)N1CCC(N2CCCC(CO)C2)CC1. The van der Waals surface area contributed by atoms with Crippen molar-refractivity contribution in [2.75, 3.05) is 39.4 Å². The van der Waals surface area contributed by atoms with E-state index in [4.69, 9.17) is 42.9 Å². The highest BCUT2D eigenvalue weighted by Crippen LogP contribution is 2.54. The molecule has 11 heteroatoms. The van der Waals surface area contributed by atoms with E-state index >= 15 is 4.79 Å². The lowest BCUT2D eigenvalue weighted by atomic mass is 9.71. The van der Waals surface area contributed by atoms with Gasteiger partial charge in [0, 0.05) is 53.9 Å². The van der Waals surface area contributed by atoms with Crippen LogP contribution in [0.2, 0.25) is 10.0 Å². The fourth-order valence-corrected chi connectivity index (χ4v) is 8.09. The summed E-state index contributed by atoms with van der Waals surface area (Å²) in [4.78, 5) is 36.8. The lowest BCUT2D eigenvalue weighted by molar-refractivity contribution is 0.0516. The standard InChI is InChI=1S/C39H50Cl2N6O3/c1-7-50-34-32(23-42-35(43-34)37(2,3)4)33-44-38(5,27-10-14-29(40)15-11-27)39(6,28-12-16-30(41)17-13-28)47(33)36(49)45-21-18-31(19-22-45)46-20-8-9-26(24-46)25-48/h10-17,23,26,31,48H,7-9,18-22,24-25H2,1-6H3. The Morgan fingerprint density at radius 1 is 0.960 bits per heavy atom. The summed E-state index contributed by atoms with van der Waals surface area (Å²) in [7, 11) is 0. The second-order valence-corrected chi connectivity index (χ2v) is 16.1. The number of halogens is 2. The van der Waals surface area contributed by atoms with E-state index in [0.717, 1.165) is 49.9 Å². The number of carbonyl (C=O) groups is 1. The molecule has 0 radical (unpaired) electrons. The van der Waals surface area contributed by atoms with Crippen molar-refractivity contribution in [2.24, 2.45) is 10.9 Å². The van der Waals surface area contributed by atoms with Crippen LogP contribution in [0.15, 0.2) is 59.7 Å². The van der Waals surface area contributed by atoms with E-state index in [9.17, 15) is 5.11 Å². The number of ether oxygens (including phenoxy) is 1. The Balaban J connectivity index is 1.47. The molecule has 0 aliphatic carbocycles. The maximum absolute atomic E-state index is 15.3. The number of hydrogen-bond acceptors (Lipinski definition) is 7. The fraction of sp³-hybridized carbons (Fsp3) is 0.538. The van der Waals surface area contributed by atoms with Crippen LogP contribution >= 0.6 is 23.2 Å². The number of amidine groups is 1. The lowest BCUT2D eigenvalue weighted by Gasteiger charge is -2.48. The molecule has 0 saturated carbocycles. The number of likely N-dealkylation sites (tertiary alicyclic amines) is 2. The van der Waals surface area contributed by atoms with Gasteiger partial charge in [0.05, 0.1) is 12.2 Å². The molecule has 4 heterocycles. The first-order valence-corrected chi connectivity index (χ1v) is 18.6. The van der Waals surface area contributed by atoms with Gasteiger partial charge in [0.15, 0.2) is 0 Å². The van der Waals surface area contributed by atoms with Crippen LogP contribution in [-0.2, 0) is 16.5 Å². The first-order chi connectivity index (χ1) is 23.8. The zero-order chi connectivity index (χ0) is 35.8. The Hall–Kier alpha value is -3.24. The van der Waals surface area contributed by atoms with E-state index in [0.29, 0.717) is 64.8 Å². The second-order valence-electron chi connectivity index (χ2n) is 15.2. The van der Waals surface area contributed by atoms with Crippen LogP contribution in [0.1, 0.15) is 89.7 Å². The number of aliphatic imine (C=N–C) groups is 1. The number of hydrogen-bond donors (Lipinski definition) is 1. The van der Waals surface area contributed by atoms with Gasteiger partial charge in [-0.2, -0.15) is 4.98 Å². The van der Waals surface area contributed by atoms with Crippen molar-refractivity contribution in [3.05, 3.63) is 87.3 Å². The van der Waals surface area contributed by atoms with E-state index in [-0.39, 0.29) is 18.1 Å². The number of nitrogens with zero attached hydrogens (tertiary/aromatic N) is 6. The minimum Gasteiger partial charge on any atom is -0.477 e. The molecule has 3 atom stereocenters. The van der Waals surface area contributed by atoms with Gasteiger partial charge in [-0.1, -0.05) is 68.2 Å². The van der Waals surface area contributed by atoms with Crippen molar-refractivity contribution in [1.29, 1.82) is 0 Å². The van der Waals surface area contributed by atoms with Gasteiger partial charge in [0.25, 0.3) is 0 Å². The van der Waals surface area contributed by atoms with E-state index < -0.39 is 11.1 Å². The maximum Gasteiger partial charge on any atom is 0.326 e. The smallest absolute Gasteiger partial charge is 0.326 e. The molecular formula is C39H50Cl2N6O3. The molecule has 3 aliphatic heterocycles. The van der Waals surface area contributed by atoms with Gasteiger partial charge in [-0.3, -0.25) is 14.8 Å². The largest absolute Gasteiger partial charge is 0.477 e. The maximum atomic E-state index is 15.3. The fourth-order valence-electron chi connectivity index (χ4n) is 7.84. The third-order valence-electron chi connectivity index (χ3n) is 10.9. The first kappa shape index (κ1) is 36.5. The van der Waals surface area contributed by atoms with Crippen molar-refractivity contribution in [2.45, 2.75) is 89.8 Å². The van der Waals surface area contributed by atoms with E-state index in [2.05, 4.69) is 39.5 Å². The quantitative estimate of drug-likeness (QED) is 0.269. The Labute approximate surface area is 306 Å². The Kier molecular flexibility index (Phi) is 10.5. The number of rotatable bonds is 7. The van der Waals surface area contributed by atoms with Crippen molar-refractivity contribution in [1.82, 2.24) is 24.7 Å². The van der Waals surface area contributed by atoms with E-state index in [1.807, 2.05) is 65.3 Å². The molecule has 9 nitrogen and oxygen atoms in total. The summed E-state index contributed by atoms with van der Waals surface area (Å²) in [6.45, 7) is 16.1. The first-order valence-electron chi connectivity index (χ1n) is 17.9. The number of aliphatic hydroxyl groups is 1. The van der Waals surface area contributed by atoms with Gasteiger partial charge < -0.3 is 14.7 Å². The molecule has 3 aromatic rings. The Bertz CT molecular complexity index is 1700. The molecule has 3 aliphatic rings. The van der Waals surface area contributed by atoms with Crippen LogP contribution in [-0.4, -0.2) is 87.1 Å². The molecule has 0 bridgehead atoms. The van der Waals surface area contributed by atoms with E-state index in [1.54, 1.807) is 6.20 Å². The molecule has 6 rings (SSSR count). The lowest BCUT2D eigenvalue weighted by Crippen LogP contribution is -2.60. The summed E-state index contributed by atoms with van der Waals surface area (Å²) in [6.07, 6.45) is 5.65. The Morgan fingerprint density at radius 2 is 1.58 bits per heavy atom. The topological polar surface area (TPSA) is 94.4 Å². The van der Waals surface area contributed by atoms with Gasteiger partial charge >= 0.3 is 6.03 Å². The summed E-state index contributed by atoms with van der Waals surface area (Å²) in [5.74, 6) is 1.82. The van der Waals surface area contributed by atoms with Crippen LogP contribution in [0.5, 0.6) is 5.88 Å². The third-order valence-corrected chi connectivity index (χ3v) is 11.5. The minimum atomic E-state index is -1.01. The number of urea groups is 1. The van der Waals surface area contributed by atoms with Gasteiger partial charge in [-0.15, -0.1) is 0 Å². The highest BCUT2D eigenvalue weighted by atomic mass is 35.5. The normalized spacial score (nSPS) is 25.1. The van der Waals surface area contributed by atoms with E-state index in [1.165, 1.54) is 0 Å². The summed E-state index contributed by atoms with van der Waals surface area (Å²) in [5, 5.41) is 11.1. The Morgan fingerprint density at radius 3 is 2.16 bits per heavy atom. The molecule has 268 valence electrons. The molecule has 2 amide bonds. The molecule has 2 fully saturated rings. The average Bonchev–Trinajstić information content (AvgIpc) is 3.36. The number of aliphatic hydroxyl groups excluding tert-OH is 1. The molecule has 0 spiro atoms. The monoisotopic (exact) mass is 720 g/mol. The number of benzene rings is 2. The van der Waals surface area contributed by atoms with Gasteiger partial charge in [0.2, 0.25) is 5.88 Å². The number of aromatic nitrogens is 2. The molecule has 1 aromatic heterocycles. The number of amides is 2. The average molecular weight is 722 g/mol. The van der Waals surface area contributed by atoms with Gasteiger partial charge in [0.1, 0.15) is 22.7 Å². The van der Waals surface area contributed by atoms with Crippen LogP contribution in [0.25, 0.3) is 0 Å². The molecule has 2 saturated heterocycles. The van der Waals surface area contributed by atoms with Gasteiger partial charge in [-0.25, -0.2) is 9.78 Å². The predicted molar refractivity (Wildman–Crippen MR) is 199 cm³/mol. The van der Waals surface area contributed by atoms with Crippen LogP contribution in [0.4, 0.5) is 4.79 Å². The summed E-state index contributed by atoms with van der Waals surface area (Å²) in [6, 6.07) is 15.6. The zero-order valence-corrected chi connectivity index (χ0v) is 31.6. The summed E-state index contributed by atoms with van der Waals surface area (Å²) >= 11 is 12.8. The molecule has 1 N–H and O–H groups in total. The summed E-state index contributed by atoms with van der Waals surface area (Å²) in [5.41, 5.74) is 0.0535.